The molecule has 0 unspecified atom stereocenters. The average Bonchev–Trinajstić information content (AvgIpc) is 2.86. The number of thiophene rings is 1. The van der Waals surface area contributed by atoms with Crippen molar-refractivity contribution in [2.75, 3.05) is 13.1 Å². The third kappa shape index (κ3) is 2.06. The molecule has 2 aromatic heterocycles. The molecule has 0 N–H and O–H groups in total. The molecule has 0 aliphatic carbocycles. The highest BCUT2D eigenvalue weighted by Gasteiger charge is 2.23. The summed E-state index contributed by atoms with van der Waals surface area (Å²) in [5, 5.41) is 1.99. The lowest BCUT2D eigenvalue weighted by molar-refractivity contribution is -0.133. The van der Waals surface area contributed by atoms with E-state index in [4.69, 9.17) is 4.42 Å². The Morgan fingerprint density at radius 3 is 3.00 bits per heavy atom. The van der Waals surface area contributed by atoms with Gasteiger partial charge in [0.05, 0.1) is 17.0 Å². The summed E-state index contributed by atoms with van der Waals surface area (Å²) in [6, 6.07) is 3.93. The maximum Gasteiger partial charge on any atom is 0.236 e. The molecule has 4 nitrogen and oxygen atoms in total. The monoisotopic (exact) mass is 262 g/mol. The van der Waals surface area contributed by atoms with E-state index >= 15 is 0 Å². The number of oxazole rings is 1. The predicted octanol–water partition coefficient (Wildman–Crippen LogP) is 2.49. The van der Waals surface area contributed by atoms with Crippen LogP contribution in [0.3, 0.4) is 0 Å². The number of nitrogens with zero attached hydrogens (tertiary/aromatic N) is 2. The number of aromatic nitrogens is 1. The molecule has 1 saturated heterocycles. The van der Waals surface area contributed by atoms with E-state index in [1.165, 1.54) is 0 Å². The Morgan fingerprint density at radius 2 is 2.39 bits per heavy atom. The van der Waals surface area contributed by atoms with E-state index < -0.39 is 0 Å². The molecule has 1 aliphatic heterocycles. The van der Waals surface area contributed by atoms with E-state index in [0.29, 0.717) is 12.3 Å². The lowest BCUT2D eigenvalue weighted by atomic mass is 10.1. The molecule has 1 fully saturated rings. The molecule has 18 heavy (non-hydrogen) atoms. The Kier molecular flexibility index (Phi) is 2.91. The van der Waals surface area contributed by atoms with Gasteiger partial charge >= 0.3 is 0 Å². The third-order valence-electron chi connectivity index (χ3n) is 3.15. The van der Waals surface area contributed by atoms with Crippen molar-refractivity contribution in [3.05, 3.63) is 29.0 Å². The van der Waals surface area contributed by atoms with E-state index in [1.54, 1.807) is 11.3 Å². The maximum absolute atomic E-state index is 11.9. The second-order valence-electron chi connectivity index (χ2n) is 4.41. The fourth-order valence-electron chi connectivity index (χ4n) is 1.92. The van der Waals surface area contributed by atoms with Crippen LogP contribution in [0.5, 0.6) is 0 Å². The fourth-order valence-corrected chi connectivity index (χ4v) is 2.57. The van der Waals surface area contributed by atoms with Crippen molar-refractivity contribution in [1.29, 1.82) is 0 Å². The third-order valence-corrected chi connectivity index (χ3v) is 4.01. The SMILES string of the molecule is Cc1oc(-c2cccs2)nc1CC(=O)N1CCC1. The first-order chi connectivity index (χ1) is 8.74. The first kappa shape index (κ1) is 11.5. The summed E-state index contributed by atoms with van der Waals surface area (Å²) in [5.74, 6) is 1.51. The number of carbonyl (C=O) groups is 1. The van der Waals surface area contributed by atoms with Gasteiger partial charge in [-0.25, -0.2) is 4.98 Å². The zero-order valence-electron chi connectivity index (χ0n) is 10.2. The molecule has 3 rings (SSSR count). The van der Waals surface area contributed by atoms with Crippen LogP contribution in [0.4, 0.5) is 0 Å². The molecular weight excluding hydrogens is 248 g/mol. The molecule has 0 radical (unpaired) electrons. The van der Waals surface area contributed by atoms with Gasteiger partial charge in [0.2, 0.25) is 11.8 Å². The highest BCUT2D eigenvalue weighted by molar-refractivity contribution is 7.13. The molecule has 94 valence electrons. The smallest absolute Gasteiger partial charge is 0.236 e. The summed E-state index contributed by atoms with van der Waals surface area (Å²) >= 11 is 1.59. The predicted molar refractivity (Wildman–Crippen MR) is 69.5 cm³/mol. The average molecular weight is 262 g/mol. The molecule has 0 saturated carbocycles. The van der Waals surface area contributed by atoms with E-state index in [1.807, 2.05) is 29.3 Å². The van der Waals surface area contributed by atoms with E-state index in [-0.39, 0.29) is 5.91 Å². The van der Waals surface area contributed by atoms with Crippen LogP contribution in [-0.4, -0.2) is 28.9 Å². The summed E-state index contributed by atoms with van der Waals surface area (Å²) in [4.78, 5) is 19.2. The van der Waals surface area contributed by atoms with Crippen molar-refractivity contribution < 1.29 is 9.21 Å². The van der Waals surface area contributed by atoms with Crippen LogP contribution >= 0.6 is 11.3 Å². The van der Waals surface area contributed by atoms with Gasteiger partial charge < -0.3 is 9.32 Å². The number of hydrogen-bond acceptors (Lipinski definition) is 4. The van der Waals surface area contributed by atoms with Crippen molar-refractivity contribution >= 4 is 17.2 Å². The van der Waals surface area contributed by atoms with Crippen LogP contribution in [0.1, 0.15) is 17.9 Å². The van der Waals surface area contributed by atoms with Crippen molar-refractivity contribution in [2.24, 2.45) is 0 Å². The summed E-state index contributed by atoms with van der Waals surface area (Å²) in [6.45, 7) is 3.63. The molecule has 2 aromatic rings. The zero-order chi connectivity index (χ0) is 12.5. The van der Waals surface area contributed by atoms with Crippen LogP contribution in [0.15, 0.2) is 21.9 Å². The topological polar surface area (TPSA) is 46.3 Å². The Hall–Kier alpha value is -1.62. The molecule has 0 atom stereocenters. The molecule has 3 heterocycles. The van der Waals surface area contributed by atoms with Crippen molar-refractivity contribution in [2.45, 2.75) is 19.8 Å². The number of rotatable bonds is 3. The Labute approximate surface area is 109 Å². The van der Waals surface area contributed by atoms with Gasteiger partial charge in [-0.2, -0.15) is 0 Å². The molecule has 1 amide bonds. The number of aryl methyl sites for hydroxylation is 1. The summed E-state index contributed by atoms with van der Waals surface area (Å²) < 4.78 is 5.62. The Morgan fingerprint density at radius 1 is 1.56 bits per heavy atom. The largest absolute Gasteiger partial charge is 0.440 e. The summed E-state index contributed by atoms with van der Waals surface area (Å²) in [5.41, 5.74) is 0.760. The van der Waals surface area contributed by atoms with Gasteiger partial charge in [-0.15, -0.1) is 11.3 Å². The standard InChI is InChI=1S/C13H14N2O2S/c1-9-10(8-12(16)15-5-3-6-15)14-13(17-9)11-4-2-7-18-11/h2,4,7H,3,5-6,8H2,1H3. The van der Waals surface area contributed by atoms with Gasteiger partial charge in [0.15, 0.2) is 0 Å². The second-order valence-corrected chi connectivity index (χ2v) is 5.36. The van der Waals surface area contributed by atoms with Crippen molar-refractivity contribution in [3.8, 4) is 10.8 Å². The highest BCUT2D eigenvalue weighted by atomic mass is 32.1. The maximum atomic E-state index is 11.9. The van der Waals surface area contributed by atoms with Crippen LogP contribution in [0, 0.1) is 6.92 Å². The summed E-state index contributed by atoms with van der Waals surface area (Å²) in [7, 11) is 0. The van der Waals surface area contributed by atoms with Crippen LogP contribution in [-0.2, 0) is 11.2 Å². The van der Waals surface area contributed by atoms with Gasteiger partial charge in [0.1, 0.15) is 5.76 Å². The molecule has 5 heteroatoms. The van der Waals surface area contributed by atoms with Crippen LogP contribution in [0.2, 0.25) is 0 Å². The number of hydrogen-bond donors (Lipinski definition) is 0. The van der Waals surface area contributed by atoms with Crippen molar-refractivity contribution in [3.63, 3.8) is 0 Å². The minimum absolute atomic E-state index is 0.148. The van der Waals surface area contributed by atoms with E-state index in [9.17, 15) is 4.79 Å². The Balaban J connectivity index is 1.78. The van der Waals surface area contributed by atoms with Gasteiger partial charge in [0, 0.05) is 13.1 Å². The van der Waals surface area contributed by atoms with E-state index in [0.717, 1.165) is 35.8 Å². The molecule has 0 bridgehead atoms. The molecule has 0 aromatic carbocycles. The quantitative estimate of drug-likeness (QED) is 0.853. The van der Waals surface area contributed by atoms with Crippen molar-refractivity contribution in [1.82, 2.24) is 9.88 Å². The van der Waals surface area contributed by atoms with Gasteiger partial charge in [-0.1, -0.05) is 6.07 Å². The van der Waals surface area contributed by atoms with Gasteiger partial charge in [-0.3, -0.25) is 4.79 Å². The molecule has 0 spiro atoms. The molecular formula is C13H14N2O2S. The van der Waals surface area contributed by atoms with Crippen LogP contribution in [0.25, 0.3) is 10.8 Å². The lowest BCUT2D eigenvalue weighted by Gasteiger charge is -2.30. The minimum atomic E-state index is 0.148. The molecule has 1 aliphatic rings. The second kappa shape index (κ2) is 4.57. The van der Waals surface area contributed by atoms with E-state index in [2.05, 4.69) is 4.98 Å². The first-order valence-electron chi connectivity index (χ1n) is 6.02. The minimum Gasteiger partial charge on any atom is -0.440 e. The first-order valence-corrected chi connectivity index (χ1v) is 6.90. The fraction of sp³-hybridized carbons (Fsp3) is 0.385. The summed E-state index contributed by atoms with van der Waals surface area (Å²) in [6.07, 6.45) is 1.46. The normalized spacial score (nSPS) is 14.6. The number of amides is 1. The Bertz CT molecular complexity index is 556. The van der Waals surface area contributed by atoms with Gasteiger partial charge in [-0.05, 0) is 24.8 Å². The number of carbonyl (C=O) groups excluding carboxylic acids is 1. The number of likely N-dealkylation sites (tertiary alicyclic amines) is 1. The zero-order valence-corrected chi connectivity index (χ0v) is 11.0. The van der Waals surface area contributed by atoms with Gasteiger partial charge in [0.25, 0.3) is 0 Å². The highest BCUT2D eigenvalue weighted by Crippen LogP contribution is 2.26. The van der Waals surface area contributed by atoms with Crippen LogP contribution < -0.4 is 0 Å². The lowest BCUT2D eigenvalue weighted by Crippen LogP contribution is -2.42.